The van der Waals surface area contributed by atoms with Gasteiger partial charge in [0.2, 0.25) is 5.91 Å². The first-order chi connectivity index (χ1) is 24.8. The molecule has 0 radical (unpaired) electrons. The molecule has 292 valence electrons. The molecule has 8 atom stereocenters. The Bertz CT molecular complexity index is 1630. The number of ketones is 1. The van der Waals surface area contributed by atoms with Gasteiger partial charge in [0.15, 0.2) is 5.78 Å². The number of hydrogen-bond acceptors (Lipinski definition) is 7. The molecular formula is C44H65N3O6. The van der Waals surface area contributed by atoms with Crippen LogP contribution in [0.5, 0.6) is 0 Å². The number of allylic oxidation sites excluding steroid dienone is 2. The molecule has 4 saturated carbocycles. The van der Waals surface area contributed by atoms with Gasteiger partial charge in [-0.3, -0.25) is 24.2 Å². The second-order valence-corrected chi connectivity index (χ2v) is 19.7. The van der Waals surface area contributed by atoms with Crippen molar-refractivity contribution in [1.82, 2.24) is 9.88 Å². The van der Waals surface area contributed by atoms with Crippen molar-refractivity contribution in [3.05, 3.63) is 41.2 Å². The van der Waals surface area contributed by atoms with Crippen molar-refractivity contribution in [3.63, 3.8) is 0 Å². The third-order valence-corrected chi connectivity index (χ3v) is 15.6. The minimum atomic E-state index is -1.16. The number of rotatable bonds is 11. The number of carboxylic acids is 1. The molecule has 9 heteroatoms. The fourth-order valence-corrected chi connectivity index (χ4v) is 13.0. The van der Waals surface area contributed by atoms with Gasteiger partial charge in [-0.25, -0.2) is 0 Å². The topological polar surface area (TPSA) is 140 Å². The number of nitrogens with two attached hydrogens (primary N) is 1. The Kier molecular flexibility index (Phi) is 10.6. The first-order valence-electron chi connectivity index (χ1n) is 20.4. The van der Waals surface area contributed by atoms with Gasteiger partial charge in [0.1, 0.15) is 6.10 Å². The zero-order valence-corrected chi connectivity index (χ0v) is 33.6. The largest absolute Gasteiger partial charge is 0.481 e. The molecule has 8 unspecified atom stereocenters. The number of aliphatic carboxylic acids is 1. The number of carbonyl (C=O) groups is 4. The quantitative estimate of drug-likeness (QED) is 0.220. The molecule has 53 heavy (non-hydrogen) atoms. The van der Waals surface area contributed by atoms with Gasteiger partial charge >= 0.3 is 11.9 Å². The Morgan fingerprint density at radius 1 is 1.02 bits per heavy atom. The van der Waals surface area contributed by atoms with Crippen LogP contribution in [0.1, 0.15) is 132 Å². The normalized spacial score (nSPS) is 34.8. The molecule has 1 aromatic heterocycles. The fourth-order valence-electron chi connectivity index (χ4n) is 13.0. The van der Waals surface area contributed by atoms with Crippen molar-refractivity contribution in [2.45, 2.75) is 139 Å². The number of carboxylic acid groups (broad SMARTS) is 1. The summed E-state index contributed by atoms with van der Waals surface area (Å²) < 4.78 is 6.16. The number of amides is 1. The Morgan fingerprint density at radius 3 is 2.38 bits per heavy atom. The molecule has 5 aliphatic rings. The molecule has 0 bridgehead atoms. The molecule has 5 aliphatic carbocycles. The van der Waals surface area contributed by atoms with Crippen molar-refractivity contribution in [2.75, 3.05) is 13.1 Å². The summed E-state index contributed by atoms with van der Waals surface area (Å²) in [5, 5.41) is 9.60. The van der Waals surface area contributed by atoms with Gasteiger partial charge in [0.25, 0.3) is 0 Å². The average molecular weight is 732 g/mol. The number of pyridine rings is 1. The molecule has 3 N–H and O–H groups in total. The van der Waals surface area contributed by atoms with E-state index in [0.717, 1.165) is 68.9 Å². The maximum absolute atomic E-state index is 14.0. The lowest BCUT2D eigenvalue weighted by Crippen LogP contribution is -2.63. The van der Waals surface area contributed by atoms with Crippen LogP contribution in [-0.2, 0) is 30.5 Å². The second-order valence-electron chi connectivity index (χ2n) is 19.7. The Balaban J connectivity index is 1.24. The highest BCUT2D eigenvalue weighted by Gasteiger charge is 2.66. The van der Waals surface area contributed by atoms with Crippen molar-refractivity contribution in [2.24, 2.45) is 62.4 Å². The van der Waals surface area contributed by atoms with E-state index in [1.807, 2.05) is 17.0 Å². The maximum atomic E-state index is 14.0. The van der Waals surface area contributed by atoms with Gasteiger partial charge in [-0.1, -0.05) is 53.2 Å². The van der Waals surface area contributed by atoms with E-state index in [0.29, 0.717) is 49.0 Å². The Labute approximate surface area is 317 Å². The van der Waals surface area contributed by atoms with Crippen molar-refractivity contribution in [1.29, 1.82) is 0 Å². The summed E-state index contributed by atoms with van der Waals surface area (Å²) in [6.45, 7) is 18.1. The van der Waals surface area contributed by atoms with E-state index >= 15 is 0 Å². The van der Waals surface area contributed by atoms with Gasteiger partial charge in [0, 0.05) is 42.7 Å². The van der Waals surface area contributed by atoms with Crippen LogP contribution in [0.25, 0.3) is 0 Å². The van der Waals surface area contributed by atoms with E-state index in [1.54, 1.807) is 26.2 Å². The first kappa shape index (κ1) is 39.6. The van der Waals surface area contributed by atoms with Gasteiger partial charge in [0.05, 0.1) is 18.4 Å². The zero-order valence-electron chi connectivity index (χ0n) is 33.6. The van der Waals surface area contributed by atoms with Crippen LogP contribution >= 0.6 is 0 Å². The molecule has 1 aromatic rings. The average Bonchev–Trinajstić information content (AvgIpc) is 3.40. The Morgan fingerprint density at radius 2 is 1.74 bits per heavy atom. The number of Topliss-reactive ketones (excluding diaryl/α,β-unsaturated/α-hetero) is 1. The molecule has 1 amide bonds. The van der Waals surface area contributed by atoms with E-state index in [-0.39, 0.29) is 52.6 Å². The molecule has 9 nitrogen and oxygen atoms in total. The van der Waals surface area contributed by atoms with Crippen LogP contribution in [0, 0.1) is 56.7 Å². The van der Waals surface area contributed by atoms with E-state index in [1.165, 1.54) is 5.57 Å². The lowest BCUT2D eigenvalue weighted by atomic mass is 9.36. The predicted molar refractivity (Wildman–Crippen MR) is 204 cm³/mol. The maximum Gasteiger partial charge on any atom is 0.309 e. The highest BCUT2D eigenvalue weighted by molar-refractivity contribution is 6.00. The van der Waals surface area contributed by atoms with Crippen LogP contribution in [0.15, 0.2) is 35.7 Å². The minimum Gasteiger partial charge on any atom is -0.481 e. The Hall–Kier alpha value is -3.07. The monoisotopic (exact) mass is 731 g/mol. The van der Waals surface area contributed by atoms with E-state index in [4.69, 9.17) is 10.5 Å². The van der Waals surface area contributed by atoms with Crippen LogP contribution in [0.4, 0.5) is 0 Å². The molecule has 0 spiro atoms. The summed E-state index contributed by atoms with van der Waals surface area (Å²) in [4.78, 5) is 58.1. The summed E-state index contributed by atoms with van der Waals surface area (Å²) >= 11 is 0. The van der Waals surface area contributed by atoms with Gasteiger partial charge in [-0.15, -0.1) is 0 Å². The second kappa shape index (κ2) is 14.2. The summed E-state index contributed by atoms with van der Waals surface area (Å²) in [5.41, 5.74) is 8.00. The van der Waals surface area contributed by atoms with Crippen LogP contribution < -0.4 is 5.73 Å². The highest BCUT2D eigenvalue weighted by atomic mass is 16.5. The number of fused-ring (bicyclic) bond motifs is 7. The molecule has 4 fully saturated rings. The highest BCUT2D eigenvalue weighted by Crippen LogP contribution is 2.73. The smallest absolute Gasteiger partial charge is 0.309 e. The SMILES string of the molecule is CC(C)C1=C2C3CCC4C(C)(CCC5C(C)(C)C(OC(=O)CC(C)(C)C(=O)O)CCC54C)C3CCC2(CCN(Cc2cccnc2)C(=O)CN)CC1=O. The zero-order chi connectivity index (χ0) is 38.7. The number of carbonyl (C=O) groups excluding carboxylic acids is 3. The van der Waals surface area contributed by atoms with Gasteiger partial charge in [-0.2, -0.15) is 0 Å². The number of esters is 1. The number of hydrogen-bond donors (Lipinski definition) is 2. The lowest BCUT2D eigenvalue weighted by Gasteiger charge is -2.69. The molecule has 1 heterocycles. The van der Waals surface area contributed by atoms with Crippen molar-refractivity contribution in [3.8, 4) is 0 Å². The standard InChI is InChI=1S/C44H65N3O6/c1-27(2)37-31(48)22-44(19-21-47(35(49)24-45)26-28-10-9-20-46-25-28)18-13-30-29(38(37)44)11-12-33-42(30,7)16-14-32-41(5,6)34(15-17-43(32,33)8)53-36(50)23-40(3,4)39(51)52/h9-10,20,25,27,29-30,32-34H,11-19,21-24,26,45H2,1-8H3,(H,51,52). The van der Waals surface area contributed by atoms with Crippen LogP contribution in [0.2, 0.25) is 0 Å². The minimum absolute atomic E-state index is 0.0424. The number of aromatic nitrogens is 1. The molecule has 0 saturated heterocycles. The third kappa shape index (κ3) is 6.80. The molecule has 0 aliphatic heterocycles. The van der Waals surface area contributed by atoms with Crippen LogP contribution in [-0.4, -0.2) is 57.8 Å². The van der Waals surface area contributed by atoms with Crippen molar-refractivity contribution >= 4 is 23.6 Å². The predicted octanol–water partition coefficient (Wildman–Crippen LogP) is 7.76. The summed E-state index contributed by atoms with van der Waals surface area (Å²) in [7, 11) is 0. The van der Waals surface area contributed by atoms with E-state index < -0.39 is 17.4 Å². The lowest BCUT2D eigenvalue weighted by molar-refractivity contribution is -0.214. The van der Waals surface area contributed by atoms with E-state index in [2.05, 4.69) is 46.5 Å². The molecule has 0 aromatic carbocycles. The van der Waals surface area contributed by atoms with Crippen LogP contribution in [0.3, 0.4) is 0 Å². The summed E-state index contributed by atoms with van der Waals surface area (Å²) in [5.74, 6) is 0.765. The van der Waals surface area contributed by atoms with Crippen molar-refractivity contribution < 1.29 is 29.0 Å². The summed E-state index contributed by atoms with van der Waals surface area (Å²) in [6, 6.07) is 3.88. The number of ether oxygens (including phenoxy) is 1. The van der Waals surface area contributed by atoms with Gasteiger partial charge < -0.3 is 20.5 Å². The summed E-state index contributed by atoms with van der Waals surface area (Å²) in [6.07, 6.45) is 12.7. The fraction of sp³-hybridized carbons (Fsp3) is 0.750. The third-order valence-electron chi connectivity index (χ3n) is 15.6. The molecular weight excluding hydrogens is 666 g/mol. The molecule has 6 rings (SSSR count). The van der Waals surface area contributed by atoms with E-state index in [9.17, 15) is 24.3 Å². The first-order valence-corrected chi connectivity index (χ1v) is 20.4. The van der Waals surface area contributed by atoms with Gasteiger partial charge in [-0.05, 0) is 129 Å². The number of nitrogens with zero attached hydrogens (tertiary/aromatic N) is 2.